The molecule has 3 heteroatoms. The van der Waals surface area contributed by atoms with Gasteiger partial charge in [0.05, 0.1) is 6.04 Å². The minimum Gasteiger partial charge on any atom is -0.359 e. The minimum atomic E-state index is 0.406. The van der Waals surface area contributed by atoms with Crippen LogP contribution in [0, 0.1) is 11.8 Å². The fourth-order valence-electron chi connectivity index (χ4n) is 4.30. The fourth-order valence-corrected chi connectivity index (χ4v) is 5.57. The molecule has 1 saturated heterocycles. The molecule has 3 aliphatic rings. The average Bonchev–Trinajstić information content (AvgIpc) is 2.82. The predicted octanol–water partition coefficient (Wildman–Crippen LogP) is 4.60. The van der Waals surface area contributed by atoms with Crippen LogP contribution in [0.3, 0.4) is 0 Å². The predicted molar refractivity (Wildman–Crippen MR) is 89.4 cm³/mol. The summed E-state index contributed by atoms with van der Waals surface area (Å²) in [5, 5.41) is 5.09. The van der Waals surface area contributed by atoms with E-state index in [-0.39, 0.29) is 0 Å². The van der Waals surface area contributed by atoms with Crippen LogP contribution in [0.5, 0.6) is 0 Å². The van der Waals surface area contributed by atoms with Crippen molar-refractivity contribution in [2.75, 3.05) is 5.75 Å². The number of nitrogens with zero attached hydrogens (tertiary/aromatic N) is 1. The highest BCUT2D eigenvalue weighted by Crippen LogP contribution is 2.38. The van der Waals surface area contributed by atoms with Crippen molar-refractivity contribution in [3.8, 4) is 0 Å². The van der Waals surface area contributed by atoms with E-state index >= 15 is 0 Å². The van der Waals surface area contributed by atoms with Crippen LogP contribution in [0.15, 0.2) is 4.99 Å². The van der Waals surface area contributed by atoms with Crippen LogP contribution in [0.2, 0.25) is 0 Å². The van der Waals surface area contributed by atoms with Gasteiger partial charge in [-0.2, -0.15) is 0 Å². The van der Waals surface area contributed by atoms with Gasteiger partial charge < -0.3 is 5.32 Å². The van der Waals surface area contributed by atoms with E-state index in [4.69, 9.17) is 4.99 Å². The first-order chi connectivity index (χ1) is 9.69. The summed E-state index contributed by atoms with van der Waals surface area (Å²) in [5.41, 5.74) is 0.406. The Morgan fingerprint density at radius 3 is 2.60 bits per heavy atom. The van der Waals surface area contributed by atoms with Crippen molar-refractivity contribution in [2.24, 2.45) is 16.8 Å². The number of nitrogens with one attached hydrogen (secondary N) is 1. The van der Waals surface area contributed by atoms with Gasteiger partial charge in [0, 0.05) is 11.3 Å². The maximum Gasteiger partial charge on any atom is 0.157 e. The summed E-state index contributed by atoms with van der Waals surface area (Å²) in [6, 6.07) is 0.581. The van der Waals surface area contributed by atoms with Crippen molar-refractivity contribution in [1.82, 2.24) is 5.32 Å². The number of hydrogen-bond acceptors (Lipinski definition) is 2. The first-order valence-corrected chi connectivity index (χ1v) is 9.66. The van der Waals surface area contributed by atoms with Crippen LogP contribution in [-0.2, 0) is 0 Å². The highest BCUT2D eigenvalue weighted by Gasteiger charge is 2.39. The van der Waals surface area contributed by atoms with E-state index in [2.05, 4.69) is 19.2 Å². The number of rotatable bonds is 2. The van der Waals surface area contributed by atoms with Gasteiger partial charge in [0.25, 0.3) is 0 Å². The van der Waals surface area contributed by atoms with Gasteiger partial charge in [-0.1, -0.05) is 57.7 Å². The molecule has 1 spiro atoms. The van der Waals surface area contributed by atoms with Crippen molar-refractivity contribution in [1.29, 1.82) is 0 Å². The average molecular weight is 295 g/mol. The van der Waals surface area contributed by atoms with Gasteiger partial charge >= 0.3 is 0 Å². The highest BCUT2D eigenvalue weighted by atomic mass is 32.2. The third-order valence-electron chi connectivity index (χ3n) is 5.59. The van der Waals surface area contributed by atoms with Crippen molar-refractivity contribution >= 4 is 16.9 Å². The Bertz CT molecular complexity index is 358. The maximum atomic E-state index is 5.16. The first-order valence-electron chi connectivity index (χ1n) is 8.67. The molecule has 114 valence electrons. The Morgan fingerprint density at radius 1 is 1.10 bits per heavy atom. The Labute approximate surface area is 128 Å². The zero-order valence-corrected chi connectivity index (χ0v) is 14.0. The third-order valence-corrected chi connectivity index (χ3v) is 6.77. The molecule has 0 amide bonds. The Hall–Kier alpha value is -0.180. The summed E-state index contributed by atoms with van der Waals surface area (Å²) in [6.45, 7) is 4.75. The Balaban J connectivity index is 1.66. The number of thioether (sulfide) groups is 1. The van der Waals surface area contributed by atoms with Crippen LogP contribution in [0.1, 0.15) is 71.6 Å². The van der Waals surface area contributed by atoms with Crippen LogP contribution in [0.4, 0.5) is 0 Å². The van der Waals surface area contributed by atoms with Crippen LogP contribution < -0.4 is 5.32 Å². The summed E-state index contributed by atoms with van der Waals surface area (Å²) in [7, 11) is 0. The highest BCUT2D eigenvalue weighted by molar-refractivity contribution is 8.14. The third kappa shape index (κ3) is 3.18. The standard InChI is InChI=1S/C17H30N2S/c1-13(2)14-8-4-5-9-15(14)18-16-19-17(12-20-16)10-6-3-7-11-17/h13-15H,3-12H2,1-2H3,(H,18,19). The van der Waals surface area contributed by atoms with E-state index in [1.165, 1.54) is 68.7 Å². The second-order valence-corrected chi connectivity index (χ2v) is 8.41. The number of amidine groups is 1. The Kier molecular flexibility index (Phi) is 4.64. The fraction of sp³-hybridized carbons (Fsp3) is 0.941. The molecule has 0 aromatic rings. The summed E-state index contributed by atoms with van der Waals surface area (Å²) in [4.78, 5) is 5.16. The lowest BCUT2D eigenvalue weighted by Gasteiger charge is -2.34. The zero-order chi connectivity index (χ0) is 14.0. The quantitative estimate of drug-likeness (QED) is 0.805. The van der Waals surface area contributed by atoms with E-state index in [1.807, 2.05) is 11.8 Å². The summed E-state index contributed by atoms with van der Waals surface area (Å²) in [5.74, 6) is 2.84. The molecular weight excluding hydrogens is 264 g/mol. The second kappa shape index (κ2) is 6.29. The molecule has 1 N–H and O–H groups in total. The molecule has 2 unspecified atom stereocenters. The molecule has 1 heterocycles. The van der Waals surface area contributed by atoms with Crippen molar-refractivity contribution < 1.29 is 0 Å². The first kappa shape index (κ1) is 14.7. The van der Waals surface area contributed by atoms with Crippen molar-refractivity contribution in [2.45, 2.75) is 83.2 Å². The van der Waals surface area contributed by atoms with Gasteiger partial charge in [0.15, 0.2) is 5.17 Å². The summed E-state index contributed by atoms with van der Waals surface area (Å²) >= 11 is 1.99. The van der Waals surface area contributed by atoms with E-state index in [9.17, 15) is 0 Å². The van der Waals surface area contributed by atoms with E-state index < -0.39 is 0 Å². The lowest BCUT2D eigenvalue weighted by atomic mass is 9.78. The molecule has 1 aliphatic heterocycles. The maximum absolute atomic E-state index is 5.16. The van der Waals surface area contributed by atoms with E-state index in [0.29, 0.717) is 11.6 Å². The molecule has 3 rings (SSSR count). The lowest BCUT2D eigenvalue weighted by Crippen LogP contribution is -2.45. The normalized spacial score (nSPS) is 35.6. The van der Waals surface area contributed by atoms with E-state index in [0.717, 1.165) is 11.8 Å². The second-order valence-electron chi connectivity index (χ2n) is 7.45. The van der Waals surface area contributed by atoms with Gasteiger partial charge in [-0.05, 0) is 37.5 Å². The van der Waals surface area contributed by atoms with Gasteiger partial charge in [0.2, 0.25) is 0 Å². The van der Waals surface area contributed by atoms with Crippen molar-refractivity contribution in [3.63, 3.8) is 0 Å². The largest absolute Gasteiger partial charge is 0.359 e. The molecule has 2 atom stereocenters. The molecule has 0 aromatic heterocycles. The summed E-state index contributed by atoms with van der Waals surface area (Å²) in [6.07, 6.45) is 12.4. The molecular formula is C17H30N2S. The van der Waals surface area contributed by atoms with Crippen LogP contribution in [-0.4, -0.2) is 22.5 Å². The zero-order valence-electron chi connectivity index (χ0n) is 13.2. The minimum absolute atomic E-state index is 0.406. The van der Waals surface area contributed by atoms with E-state index in [1.54, 1.807) is 0 Å². The van der Waals surface area contributed by atoms with Crippen LogP contribution >= 0.6 is 11.8 Å². The molecule has 2 aliphatic carbocycles. The lowest BCUT2D eigenvalue weighted by molar-refractivity contribution is 0.240. The number of aliphatic imine (C=N–C) groups is 1. The molecule has 3 fully saturated rings. The van der Waals surface area contributed by atoms with Gasteiger partial charge in [0.1, 0.15) is 0 Å². The van der Waals surface area contributed by atoms with Crippen LogP contribution in [0.25, 0.3) is 0 Å². The molecule has 0 radical (unpaired) electrons. The van der Waals surface area contributed by atoms with Gasteiger partial charge in [-0.25, -0.2) is 0 Å². The topological polar surface area (TPSA) is 24.4 Å². The van der Waals surface area contributed by atoms with Gasteiger partial charge in [-0.3, -0.25) is 4.99 Å². The Morgan fingerprint density at radius 2 is 1.85 bits per heavy atom. The molecule has 2 saturated carbocycles. The van der Waals surface area contributed by atoms with Crippen molar-refractivity contribution in [3.05, 3.63) is 0 Å². The SMILES string of the molecule is CC(C)C1CCCCC1N=C1NC2(CCCCC2)CS1. The monoisotopic (exact) mass is 294 g/mol. The molecule has 2 nitrogen and oxygen atoms in total. The van der Waals surface area contributed by atoms with Gasteiger partial charge in [-0.15, -0.1) is 0 Å². The number of hydrogen-bond donors (Lipinski definition) is 1. The smallest absolute Gasteiger partial charge is 0.157 e. The summed E-state index contributed by atoms with van der Waals surface area (Å²) < 4.78 is 0. The molecule has 0 bridgehead atoms. The molecule has 0 aromatic carbocycles. The molecule has 20 heavy (non-hydrogen) atoms.